The van der Waals surface area contributed by atoms with Crippen LogP contribution < -0.4 is 0 Å². The van der Waals surface area contributed by atoms with E-state index in [4.69, 9.17) is 0 Å². The zero-order valence-corrected chi connectivity index (χ0v) is 7.81. The van der Waals surface area contributed by atoms with Gasteiger partial charge in [0.15, 0.2) is 5.78 Å². The van der Waals surface area contributed by atoms with Gasteiger partial charge in [-0.05, 0) is 5.56 Å². The molecule has 1 aliphatic rings. The SMILES string of the molecule is O=C1CC=CN=C1Cc1ccccc1. The molecule has 0 amide bonds. The largest absolute Gasteiger partial charge is 0.292 e. The summed E-state index contributed by atoms with van der Waals surface area (Å²) in [6, 6.07) is 9.92. The maximum atomic E-state index is 11.4. The number of hydrogen-bond acceptors (Lipinski definition) is 2. The van der Waals surface area contributed by atoms with Gasteiger partial charge in [0, 0.05) is 19.0 Å². The van der Waals surface area contributed by atoms with Crippen LogP contribution >= 0.6 is 0 Å². The monoisotopic (exact) mass is 185 g/mol. The van der Waals surface area contributed by atoms with Crippen LogP contribution in [0.2, 0.25) is 0 Å². The number of benzene rings is 1. The van der Waals surface area contributed by atoms with Crippen molar-refractivity contribution in [1.29, 1.82) is 0 Å². The summed E-state index contributed by atoms with van der Waals surface area (Å²) < 4.78 is 0. The fourth-order valence-corrected chi connectivity index (χ4v) is 1.43. The van der Waals surface area contributed by atoms with E-state index in [1.807, 2.05) is 30.3 Å². The molecule has 0 fully saturated rings. The van der Waals surface area contributed by atoms with Gasteiger partial charge in [0.2, 0.25) is 0 Å². The summed E-state index contributed by atoms with van der Waals surface area (Å²) in [6.45, 7) is 0. The van der Waals surface area contributed by atoms with Crippen LogP contribution in [-0.2, 0) is 11.2 Å². The predicted molar refractivity (Wildman–Crippen MR) is 56.3 cm³/mol. The van der Waals surface area contributed by atoms with E-state index in [1.165, 1.54) is 0 Å². The molecular formula is C12H11NO. The summed E-state index contributed by atoms with van der Waals surface area (Å²) in [4.78, 5) is 15.5. The van der Waals surface area contributed by atoms with Crippen LogP contribution in [0, 0.1) is 0 Å². The first-order chi connectivity index (χ1) is 6.86. The smallest absolute Gasteiger partial charge is 0.181 e. The zero-order chi connectivity index (χ0) is 9.80. The van der Waals surface area contributed by atoms with E-state index in [2.05, 4.69) is 4.99 Å². The van der Waals surface area contributed by atoms with Crippen LogP contribution in [0.4, 0.5) is 0 Å². The van der Waals surface area contributed by atoms with Crippen LogP contribution in [-0.4, -0.2) is 11.5 Å². The zero-order valence-electron chi connectivity index (χ0n) is 7.81. The van der Waals surface area contributed by atoms with E-state index >= 15 is 0 Å². The molecule has 2 heteroatoms. The van der Waals surface area contributed by atoms with E-state index in [9.17, 15) is 4.79 Å². The number of Topliss-reactive ketones (excluding diaryl/α,β-unsaturated/α-hetero) is 1. The van der Waals surface area contributed by atoms with Crippen molar-refractivity contribution >= 4 is 11.5 Å². The molecule has 1 aromatic carbocycles. The molecule has 0 N–H and O–H groups in total. The second kappa shape index (κ2) is 4.01. The number of allylic oxidation sites excluding steroid dienone is 1. The van der Waals surface area contributed by atoms with Gasteiger partial charge in [-0.1, -0.05) is 36.4 Å². The third-order valence-electron chi connectivity index (χ3n) is 2.18. The molecule has 0 bridgehead atoms. The standard InChI is InChI=1S/C12H11NO/c14-12-7-4-8-13-11(12)9-10-5-2-1-3-6-10/h1-6,8H,7,9H2. The fourth-order valence-electron chi connectivity index (χ4n) is 1.43. The minimum atomic E-state index is 0.136. The lowest BCUT2D eigenvalue weighted by Gasteiger charge is -2.06. The van der Waals surface area contributed by atoms with Gasteiger partial charge in [0.25, 0.3) is 0 Å². The highest BCUT2D eigenvalue weighted by atomic mass is 16.1. The molecule has 70 valence electrons. The van der Waals surface area contributed by atoms with Crippen LogP contribution in [0.1, 0.15) is 12.0 Å². The highest BCUT2D eigenvalue weighted by molar-refractivity contribution is 6.41. The summed E-state index contributed by atoms with van der Waals surface area (Å²) in [5, 5.41) is 0. The lowest BCUT2D eigenvalue weighted by atomic mass is 10.0. The summed E-state index contributed by atoms with van der Waals surface area (Å²) in [5.41, 5.74) is 1.80. The first kappa shape index (κ1) is 8.88. The molecule has 1 heterocycles. The average molecular weight is 185 g/mol. The normalized spacial score (nSPS) is 15.4. The van der Waals surface area contributed by atoms with Crippen LogP contribution in [0.25, 0.3) is 0 Å². The van der Waals surface area contributed by atoms with Gasteiger partial charge in [-0.3, -0.25) is 9.79 Å². The third kappa shape index (κ3) is 1.96. The van der Waals surface area contributed by atoms with Gasteiger partial charge < -0.3 is 0 Å². The minimum absolute atomic E-state index is 0.136. The van der Waals surface area contributed by atoms with Crippen molar-refractivity contribution in [3.05, 3.63) is 48.2 Å². The van der Waals surface area contributed by atoms with Crippen LogP contribution in [0.5, 0.6) is 0 Å². The molecule has 0 spiro atoms. The van der Waals surface area contributed by atoms with Crippen molar-refractivity contribution in [2.75, 3.05) is 0 Å². The molecule has 0 aromatic heterocycles. The van der Waals surface area contributed by atoms with Crippen molar-refractivity contribution in [2.45, 2.75) is 12.8 Å². The van der Waals surface area contributed by atoms with Crippen molar-refractivity contribution in [3.63, 3.8) is 0 Å². The van der Waals surface area contributed by atoms with E-state index in [-0.39, 0.29) is 5.78 Å². The second-order valence-corrected chi connectivity index (χ2v) is 3.25. The Labute approximate surface area is 83.0 Å². The van der Waals surface area contributed by atoms with Crippen LogP contribution in [0.15, 0.2) is 47.6 Å². The highest BCUT2D eigenvalue weighted by Crippen LogP contribution is 2.06. The van der Waals surface area contributed by atoms with E-state index < -0.39 is 0 Å². The Bertz CT molecular complexity index is 390. The Morgan fingerprint density at radius 3 is 2.71 bits per heavy atom. The molecule has 1 aromatic rings. The second-order valence-electron chi connectivity index (χ2n) is 3.25. The Balaban J connectivity index is 2.15. The molecule has 1 aliphatic heterocycles. The average Bonchev–Trinajstić information content (AvgIpc) is 2.23. The molecular weight excluding hydrogens is 174 g/mol. The van der Waals surface area contributed by atoms with Gasteiger partial charge >= 0.3 is 0 Å². The van der Waals surface area contributed by atoms with E-state index in [0.29, 0.717) is 18.6 Å². The Kier molecular flexibility index (Phi) is 2.54. The van der Waals surface area contributed by atoms with Crippen LogP contribution in [0.3, 0.4) is 0 Å². The van der Waals surface area contributed by atoms with Gasteiger partial charge in [-0.15, -0.1) is 0 Å². The Hall–Kier alpha value is -1.70. The maximum Gasteiger partial charge on any atom is 0.181 e. The highest BCUT2D eigenvalue weighted by Gasteiger charge is 2.12. The van der Waals surface area contributed by atoms with Crippen molar-refractivity contribution < 1.29 is 4.79 Å². The van der Waals surface area contributed by atoms with E-state index in [1.54, 1.807) is 12.3 Å². The molecule has 0 aliphatic carbocycles. The van der Waals surface area contributed by atoms with Gasteiger partial charge in [-0.25, -0.2) is 0 Å². The van der Waals surface area contributed by atoms with E-state index in [0.717, 1.165) is 5.56 Å². The molecule has 14 heavy (non-hydrogen) atoms. The fraction of sp³-hybridized carbons (Fsp3) is 0.167. The Morgan fingerprint density at radius 2 is 2.00 bits per heavy atom. The van der Waals surface area contributed by atoms with Crippen molar-refractivity contribution in [1.82, 2.24) is 0 Å². The molecule has 2 rings (SSSR count). The lowest BCUT2D eigenvalue weighted by molar-refractivity contribution is -0.112. The third-order valence-corrected chi connectivity index (χ3v) is 2.18. The number of nitrogens with zero attached hydrogens (tertiary/aromatic N) is 1. The predicted octanol–water partition coefficient (Wildman–Crippen LogP) is 2.16. The molecule has 0 saturated heterocycles. The topological polar surface area (TPSA) is 29.4 Å². The Morgan fingerprint density at radius 1 is 1.21 bits per heavy atom. The van der Waals surface area contributed by atoms with Crippen molar-refractivity contribution in [3.8, 4) is 0 Å². The molecule has 0 atom stereocenters. The van der Waals surface area contributed by atoms with Gasteiger partial charge in [-0.2, -0.15) is 0 Å². The molecule has 0 radical (unpaired) electrons. The van der Waals surface area contributed by atoms with Gasteiger partial charge in [0.1, 0.15) is 0 Å². The molecule has 2 nitrogen and oxygen atoms in total. The summed E-state index contributed by atoms with van der Waals surface area (Å²) in [7, 11) is 0. The summed E-state index contributed by atoms with van der Waals surface area (Å²) in [6.07, 6.45) is 4.63. The first-order valence-electron chi connectivity index (χ1n) is 4.65. The minimum Gasteiger partial charge on any atom is -0.292 e. The molecule has 0 unspecified atom stereocenters. The number of aliphatic imine (C=N–C) groups is 1. The summed E-state index contributed by atoms with van der Waals surface area (Å²) in [5.74, 6) is 0.136. The number of rotatable bonds is 2. The van der Waals surface area contributed by atoms with Crippen molar-refractivity contribution in [2.24, 2.45) is 4.99 Å². The number of carbonyl (C=O) groups is 1. The van der Waals surface area contributed by atoms with Gasteiger partial charge in [0.05, 0.1) is 5.71 Å². The lowest BCUT2D eigenvalue weighted by Crippen LogP contribution is -2.17. The quantitative estimate of drug-likeness (QED) is 0.694. The number of carbonyl (C=O) groups excluding carboxylic acids is 1. The maximum absolute atomic E-state index is 11.4. The summed E-state index contributed by atoms with van der Waals surface area (Å²) >= 11 is 0. The number of hydrogen-bond donors (Lipinski definition) is 0. The number of ketones is 1. The first-order valence-corrected chi connectivity index (χ1v) is 4.65. The molecule has 0 saturated carbocycles.